The van der Waals surface area contributed by atoms with Crippen LogP contribution in [0.25, 0.3) is 0 Å². The summed E-state index contributed by atoms with van der Waals surface area (Å²) in [7, 11) is 2.05. The van der Waals surface area contributed by atoms with Crippen molar-refractivity contribution >= 4 is 0 Å². The zero-order chi connectivity index (χ0) is 13.7. The molecule has 1 aromatic rings. The van der Waals surface area contributed by atoms with Crippen molar-refractivity contribution in [3.63, 3.8) is 0 Å². The average Bonchev–Trinajstić information content (AvgIpc) is 2.30. The number of aliphatic hydroxyl groups is 1. The second-order valence-corrected chi connectivity index (χ2v) is 5.08. The molecule has 0 saturated heterocycles. The molecule has 0 unspecified atom stereocenters. The van der Waals surface area contributed by atoms with Gasteiger partial charge >= 0.3 is 0 Å². The molecule has 1 aliphatic carbocycles. The lowest BCUT2D eigenvalue weighted by atomic mass is 9.91. The number of rotatable bonds is 4. The Kier molecular flexibility index (Phi) is 4.95. The van der Waals surface area contributed by atoms with Crippen LogP contribution in [0.5, 0.6) is 0 Å². The van der Waals surface area contributed by atoms with E-state index < -0.39 is 0 Å². The Bertz CT molecular complexity index is 485. The summed E-state index contributed by atoms with van der Waals surface area (Å²) in [6.07, 6.45) is 4.16. The second-order valence-electron chi connectivity index (χ2n) is 5.08. The van der Waals surface area contributed by atoms with Crippen LogP contribution in [0.15, 0.2) is 18.2 Å². The second kappa shape index (κ2) is 6.70. The van der Waals surface area contributed by atoms with Crippen LogP contribution < -0.4 is 0 Å². The number of nitrogens with zero attached hydrogens (tertiary/aromatic N) is 1. The molecule has 1 aliphatic rings. The molecule has 0 spiro atoms. The molecule has 0 radical (unpaired) electrons. The van der Waals surface area contributed by atoms with Crippen molar-refractivity contribution in [1.82, 2.24) is 4.90 Å². The third-order valence-electron chi connectivity index (χ3n) is 3.64. The minimum absolute atomic E-state index is 0.0414. The lowest BCUT2D eigenvalue weighted by Gasteiger charge is -2.34. The van der Waals surface area contributed by atoms with Crippen LogP contribution in [-0.2, 0) is 6.54 Å². The molecule has 0 aromatic heterocycles. The van der Waals surface area contributed by atoms with Crippen LogP contribution in [0, 0.1) is 17.7 Å². The van der Waals surface area contributed by atoms with Crippen molar-refractivity contribution in [1.29, 1.82) is 0 Å². The number of aliphatic hydroxyl groups excluding tert-OH is 1. The van der Waals surface area contributed by atoms with Crippen molar-refractivity contribution in [3.8, 4) is 11.8 Å². The molecule has 0 aliphatic heterocycles. The Hall–Kier alpha value is -1.37. The fourth-order valence-electron chi connectivity index (χ4n) is 2.20. The van der Waals surface area contributed by atoms with Crippen molar-refractivity contribution in [2.75, 3.05) is 13.7 Å². The van der Waals surface area contributed by atoms with E-state index in [1.54, 1.807) is 0 Å². The Morgan fingerprint density at radius 2 is 2.21 bits per heavy atom. The molecule has 0 amide bonds. The highest BCUT2D eigenvalue weighted by atomic mass is 19.1. The molecule has 1 fully saturated rings. The van der Waals surface area contributed by atoms with Gasteiger partial charge in [0, 0.05) is 30.1 Å². The standard InChI is InChI=1S/C16H20FNO/c1-18(15-6-4-7-15)12-14-9-8-13(11-16(14)17)5-2-3-10-19/h8-9,11,15,19H,3-4,6-7,10,12H2,1H3. The molecule has 0 atom stereocenters. The predicted molar refractivity (Wildman–Crippen MR) is 74.1 cm³/mol. The van der Waals surface area contributed by atoms with Crippen molar-refractivity contribution in [2.24, 2.45) is 0 Å². The first-order chi connectivity index (χ1) is 9.20. The number of halogens is 1. The molecular formula is C16H20FNO. The first-order valence-corrected chi connectivity index (χ1v) is 6.79. The monoisotopic (exact) mass is 261 g/mol. The Balaban J connectivity index is 2.00. The van der Waals surface area contributed by atoms with Gasteiger partial charge in [-0.2, -0.15) is 0 Å². The molecular weight excluding hydrogens is 241 g/mol. The minimum Gasteiger partial charge on any atom is -0.395 e. The Labute approximate surface area is 114 Å². The number of hydrogen-bond donors (Lipinski definition) is 1. The number of hydrogen-bond acceptors (Lipinski definition) is 2. The zero-order valence-electron chi connectivity index (χ0n) is 11.3. The van der Waals surface area contributed by atoms with Gasteiger partial charge in [0.05, 0.1) is 6.61 Å². The normalized spacial score (nSPS) is 14.9. The molecule has 2 nitrogen and oxygen atoms in total. The van der Waals surface area contributed by atoms with Gasteiger partial charge in [0.25, 0.3) is 0 Å². The Morgan fingerprint density at radius 3 is 2.79 bits per heavy atom. The predicted octanol–water partition coefficient (Wildman–Crippen LogP) is 2.54. The van der Waals surface area contributed by atoms with E-state index in [1.165, 1.54) is 25.3 Å². The molecule has 1 N–H and O–H groups in total. The van der Waals surface area contributed by atoms with Gasteiger partial charge in [0.1, 0.15) is 5.82 Å². The van der Waals surface area contributed by atoms with Crippen LogP contribution in [0.1, 0.15) is 36.8 Å². The van der Waals surface area contributed by atoms with Gasteiger partial charge in [-0.15, -0.1) is 0 Å². The topological polar surface area (TPSA) is 23.5 Å². The van der Waals surface area contributed by atoms with Crippen LogP contribution in [0.3, 0.4) is 0 Å². The van der Waals surface area contributed by atoms with Crippen LogP contribution in [0.4, 0.5) is 4.39 Å². The molecule has 3 heteroatoms. The van der Waals surface area contributed by atoms with Gasteiger partial charge in [-0.05, 0) is 32.0 Å². The lowest BCUT2D eigenvalue weighted by molar-refractivity contribution is 0.151. The number of benzene rings is 1. The van der Waals surface area contributed by atoms with E-state index in [-0.39, 0.29) is 12.4 Å². The van der Waals surface area contributed by atoms with E-state index in [2.05, 4.69) is 23.8 Å². The summed E-state index contributed by atoms with van der Waals surface area (Å²) in [4.78, 5) is 2.22. The highest BCUT2D eigenvalue weighted by molar-refractivity contribution is 5.37. The molecule has 19 heavy (non-hydrogen) atoms. The van der Waals surface area contributed by atoms with E-state index in [0.717, 1.165) is 5.56 Å². The highest BCUT2D eigenvalue weighted by Gasteiger charge is 2.22. The summed E-state index contributed by atoms with van der Waals surface area (Å²) in [5, 5.41) is 8.64. The Morgan fingerprint density at radius 1 is 1.42 bits per heavy atom. The highest BCUT2D eigenvalue weighted by Crippen LogP contribution is 2.25. The van der Waals surface area contributed by atoms with E-state index in [0.29, 0.717) is 24.6 Å². The van der Waals surface area contributed by atoms with E-state index in [1.807, 2.05) is 12.1 Å². The fraction of sp³-hybridized carbons (Fsp3) is 0.500. The van der Waals surface area contributed by atoms with Gasteiger partial charge < -0.3 is 5.11 Å². The summed E-state index contributed by atoms with van der Waals surface area (Å²) in [6, 6.07) is 5.75. The maximum Gasteiger partial charge on any atom is 0.128 e. The summed E-state index contributed by atoms with van der Waals surface area (Å²) in [6.45, 7) is 0.695. The summed E-state index contributed by atoms with van der Waals surface area (Å²) >= 11 is 0. The van der Waals surface area contributed by atoms with Crippen molar-refractivity contribution in [3.05, 3.63) is 35.1 Å². The molecule has 102 valence electrons. The molecule has 0 bridgehead atoms. The van der Waals surface area contributed by atoms with Gasteiger partial charge in [-0.3, -0.25) is 4.90 Å². The smallest absolute Gasteiger partial charge is 0.128 e. The molecule has 1 saturated carbocycles. The maximum atomic E-state index is 14.0. The minimum atomic E-state index is -0.193. The third kappa shape index (κ3) is 3.79. The summed E-state index contributed by atoms with van der Waals surface area (Å²) in [5.41, 5.74) is 1.39. The first-order valence-electron chi connectivity index (χ1n) is 6.79. The zero-order valence-corrected chi connectivity index (χ0v) is 11.3. The largest absolute Gasteiger partial charge is 0.395 e. The van der Waals surface area contributed by atoms with Crippen molar-refractivity contribution < 1.29 is 9.50 Å². The van der Waals surface area contributed by atoms with Crippen LogP contribution in [-0.4, -0.2) is 29.7 Å². The van der Waals surface area contributed by atoms with Gasteiger partial charge in [0.2, 0.25) is 0 Å². The SMILES string of the molecule is CN(Cc1ccc(C#CCCO)cc1F)C1CCC1. The quantitative estimate of drug-likeness (QED) is 0.842. The van der Waals surface area contributed by atoms with Crippen LogP contribution >= 0.6 is 0 Å². The van der Waals surface area contributed by atoms with E-state index >= 15 is 0 Å². The van der Waals surface area contributed by atoms with E-state index in [9.17, 15) is 4.39 Å². The van der Waals surface area contributed by atoms with Gasteiger partial charge in [-0.1, -0.05) is 24.3 Å². The van der Waals surface area contributed by atoms with Crippen LogP contribution in [0.2, 0.25) is 0 Å². The fourth-order valence-corrected chi connectivity index (χ4v) is 2.20. The summed E-state index contributed by atoms with van der Waals surface area (Å²) < 4.78 is 14.0. The third-order valence-corrected chi connectivity index (χ3v) is 3.64. The lowest BCUT2D eigenvalue weighted by Crippen LogP contribution is -2.36. The molecule has 1 aromatic carbocycles. The molecule has 2 rings (SSSR count). The first kappa shape index (κ1) is 14.0. The average molecular weight is 261 g/mol. The van der Waals surface area contributed by atoms with Gasteiger partial charge in [0.15, 0.2) is 0 Å². The molecule has 0 heterocycles. The maximum absolute atomic E-state index is 14.0. The van der Waals surface area contributed by atoms with E-state index in [4.69, 9.17) is 5.11 Å². The van der Waals surface area contributed by atoms with Gasteiger partial charge in [-0.25, -0.2) is 4.39 Å². The summed E-state index contributed by atoms with van der Waals surface area (Å²) in [5.74, 6) is 5.45. The van der Waals surface area contributed by atoms with Crippen molar-refractivity contribution in [2.45, 2.75) is 38.3 Å².